The van der Waals surface area contributed by atoms with Gasteiger partial charge in [-0.3, -0.25) is 9.59 Å². The van der Waals surface area contributed by atoms with Gasteiger partial charge in [-0.25, -0.2) is 4.79 Å². The molecule has 1 rings (SSSR count). The summed E-state index contributed by atoms with van der Waals surface area (Å²) in [4.78, 5) is 34.3. The molecule has 1 aromatic carbocycles. The number of hydrogen-bond donors (Lipinski definition) is 2. The number of ether oxygens (including phenoxy) is 1. The van der Waals surface area contributed by atoms with Crippen molar-refractivity contribution in [2.45, 2.75) is 19.4 Å². The number of nitrogens with one attached hydrogen (secondary N) is 1. The number of primary amides is 1. The zero-order valence-electron chi connectivity index (χ0n) is 10.8. The van der Waals surface area contributed by atoms with Crippen LogP contribution in [-0.2, 0) is 9.53 Å². The highest BCUT2D eigenvalue weighted by Crippen LogP contribution is 2.07. The second-order valence-electron chi connectivity index (χ2n) is 3.91. The van der Waals surface area contributed by atoms with Crippen molar-refractivity contribution < 1.29 is 19.1 Å². The van der Waals surface area contributed by atoms with Crippen molar-refractivity contribution >= 4 is 17.8 Å². The Morgan fingerprint density at radius 3 is 2.47 bits per heavy atom. The molecule has 0 heterocycles. The normalized spacial score (nSPS) is 11.5. The molecule has 0 fully saturated rings. The summed E-state index contributed by atoms with van der Waals surface area (Å²) >= 11 is 0. The van der Waals surface area contributed by atoms with Crippen LogP contribution in [-0.4, -0.2) is 30.9 Å². The molecule has 6 heteroatoms. The minimum Gasteiger partial charge on any atom is -0.465 e. The van der Waals surface area contributed by atoms with Crippen LogP contribution in [0.4, 0.5) is 0 Å². The Hall–Kier alpha value is -2.37. The molecule has 0 aliphatic rings. The summed E-state index contributed by atoms with van der Waals surface area (Å²) in [6, 6.07) is 5.30. The van der Waals surface area contributed by atoms with Gasteiger partial charge in [-0.05, 0) is 24.6 Å². The van der Waals surface area contributed by atoms with E-state index >= 15 is 0 Å². The van der Waals surface area contributed by atoms with Gasteiger partial charge in [0.05, 0.1) is 12.7 Å². The monoisotopic (exact) mass is 264 g/mol. The molecule has 0 saturated carbocycles. The van der Waals surface area contributed by atoms with Crippen molar-refractivity contribution in [3.8, 4) is 0 Å². The first kappa shape index (κ1) is 14.7. The Morgan fingerprint density at radius 2 is 1.95 bits per heavy atom. The number of carbonyl (C=O) groups is 3. The predicted octanol–water partition coefficient (Wildman–Crippen LogP) is 0.467. The summed E-state index contributed by atoms with van der Waals surface area (Å²) in [5.41, 5.74) is 5.68. The molecule has 0 aliphatic carbocycles. The summed E-state index contributed by atoms with van der Waals surface area (Å²) in [5.74, 6) is -1.59. The fourth-order valence-corrected chi connectivity index (χ4v) is 1.52. The van der Waals surface area contributed by atoms with Crippen molar-refractivity contribution in [2.24, 2.45) is 5.73 Å². The van der Waals surface area contributed by atoms with Gasteiger partial charge >= 0.3 is 5.97 Å². The number of amides is 2. The van der Waals surface area contributed by atoms with Gasteiger partial charge in [0.1, 0.15) is 6.04 Å². The van der Waals surface area contributed by atoms with E-state index in [0.29, 0.717) is 6.42 Å². The van der Waals surface area contributed by atoms with E-state index in [1.165, 1.54) is 25.3 Å². The van der Waals surface area contributed by atoms with Gasteiger partial charge in [-0.2, -0.15) is 0 Å². The third-order valence-electron chi connectivity index (χ3n) is 2.60. The zero-order chi connectivity index (χ0) is 14.4. The molecule has 3 N–H and O–H groups in total. The molecule has 0 aromatic heterocycles. The van der Waals surface area contributed by atoms with Gasteiger partial charge in [0.15, 0.2) is 0 Å². The van der Waals surface area contributed by atoms with Crippen LogP contribution in [0.15, 0.2) is 24.3 Å². The number of methoxy groups -OCH3 is 1. The Morgan fingerprint density at radius 1 is 1.32 bits per heavy atom. The molecule has 1 atom stereocenters. The van der Waals surface area contributed by atoms with Gasteiger partial charge in [0, 0.05) is 5.56 Å². The highest BCUT2D eigenvalue weighted by molar-refractivity contribution is 5.99. The van der Waals surface area contributed by atoms with E-state index in [-0.39, 0.29) is 11.1 Å². The van der Waals surface area contributed by atoms with E-state index in [0.717, 1.165) is 0 Å². The van der Waals surface area contributed by atoms with Crippen LogP contribution in [0.2, 0.25) is 0 Å². The Balaban J connectivity index is 2.88. The maximum absolute atomic E-state index is 11.9. The van der Waals surface area contributed by atoms with Crippen LogP contribution >= 0.6 is 0 Å². The third-order valence-corrected chi connectivity index (χ3v) is 2.60. The van der Waals surface area contributed by atoms with Gasteiger partial charge in [0.2, 0.25) is 5.91 Å². The first-order valence-corrected chi connectivity index (χ1v) is 5.78. The lowest BCUT2D eigenvalue weighted by molar-refractivity contribution is -0.119. The molecular formula is C13H16N2O4. The lowest BCUT2D eigenvalue weighted by atomic mass is 10.1. The first-order valence-electron chi connectivity index (χ1n) is 5.78. The topological polar surface area (TPSA) is 98.5 Å². The van der Waals surface area contributed by atoms with Crippen LogP contribution in [0.25, 0.3) is 0 Å². The second-order valence-corrected chi connectivity index (χ2v) is 3.91. The molecule has 1 aromatic rings. The van der Waals surface area contributed by atoms with Gasteiger partial charge < -0.3 is 15.8 Å². The fourth-order valence-electron chi connectivity index (χ4n) is 1.52. The first-order chi connectivity index (χ1) is 8.99. The van der Waals surface area contributed by atoms with Crippen molar-refractivity contribution in [3.05, 3.63) is 35.4 Å². The number of carbonyl (C=O) groups excluding carboxylic acids is 3. The van der Waals surface area contributed by atoms with Crippen LogP contribution in [0.1, 0.15) is 34.1 Å². The van der Waals surface area contributed by atoms with Crippen LogP contribution < -0.4 is 11.1 Å². The lowest BCUT2D eigenvalue weighted by Gasteiger charge is -2.13. The third kappa shape index (κ3) is 3.80. The molecule has 102 valence electrons. The van der Waals surface area contributed by atoms with E-state index in [1.54, 1.807) is 13.0 Å². The summed E-state index contributed by atoms with van der Waals surface area (Å²) < 4.78 is 4.57. The quantitative estimate of drug-likeness (QED) is 0.755. The van der Waals surface area contributed by atoms with Gasteiger partial charge in [-0.15, -0.1) is 0 Å². The van der Waals surface area contributed by atoms with Crippen molar-refractivity contribution in [1.29, 1.82) is 0 Å². The van der Waals surface area contributed by atoms with E-state index in [2.05, 4.69) is 10.1 Å². The lowest BCUT2D eigenvalue weighted by Crippen LogP contribution is -2.43. The Kier molecular flexibility index (Phi) is 5.05. The summed E-state index contributed by atoms with van der Waals surface area (Å²) in [6.45, 7) is 1.74. The fraction of sp³-hybridized carbons (Fsp3) is 0.308. The van der Waals surface area contributed by atoms with Gasteiger partial charge in [-0.1, -0.05) is 13.0 Å². The SMILES string of the molecule is CC[C@@H](NC(=O)c1cccc(C(=O)OC)c1)C(N)=O. The number of benzene rings is 1. The molecule has 2 amide bonds. The zero-order valence-corrected chi connectivity index (χ0v) is 10.8. The maximum Gasteiger partial charge on any atom is 0.337 e. The molecule has 6 nitrogen and oxygen atoms in total. The molecule has 19 heavy (non-hydrogen) atoms. The molecule has 0 bridgehead atoms. The molecule has 0 aliphatic heterocycles. The van der Waals surface area contributed by atoms with Crippen LogP contribution in [0.5, 0.6) is 0 Å². The highest BCUT2D eigenvalue weighted by atomic mass is 16.5. The van der Waals surface area contributed by atoms with Crippen molar-refractivity contribution in [2.75, 3.05) is 7.11 Å². The second kappa shape index (κ2) is 6.53. The molecule has 0 unspecified atom stereocenters. The highest BCUT2D eigenvalue weighted by Gasteiger charge is 2.17. The molecular weight excluding hydrogens is 248 g/mol. The van der Waals surface area contributed by atoms with Crippen molar-refractivity contribution in [3.63, 3.8) is 0 Å². The van der Waals surface area contributed by atoms with Crippen LogP contribution in [0, 0.1) is 0 Å². The maximum atomic E-state index is 11.9. The standard InChI is InChI=1S/C13H16N2O4/c1-3-10(11(14)16)15-12(17)8-5-4-6-9(7-8)13(18)19-2/h4-7,10H,3H2,1-2H3,(H2,14,16)(H,15,17)/t10-/m1/s1. The molecule has 0 radical (unpaired) electrons. The van der Waals surface area contributed by atoms with Gasteiger partial charge in [0.25, 0.3) is 5.91 Å². The number of nitrogens with two attached hydrogens (primary N) is 1. The van der Waals surface area contributed by atoms with E-state index < -0.39 is 23.8 Å². The average Bonchev–Trinajstić information content (AvgIpc) is 2.43. The van der Waals surface area contributed by atoms with E-state index in [1.807, 2.05) is 0 Å². The van der Waals surface area contributed by atoms with E-state index in [4.69, 9.17) is 5.73 Å². The van der Waals surface area contributed by atoms with E-state index in [9.17, 15) is 14.4 Å². The van der Waals surface area contributed by atoms with Crippen LogP contribution in [0.3, 0.4) is 0 Å². The number of rotatable bonds is 5. The molecule has 0 saturated heterocycles. The smallest absolute Gasteiger partial charge is 0.337 e. The number of esters is 1. The Bertz CT molecular complexity index is 499. The predicted molar refractivity (Wildman–Crippen MR) is 68.5 cm³/mol. The summed E-state index contributed by atoms with van der Waals surface area (Å²) in [5, 5.41) is 2.50. The van der Waals surface area contributed by atoms with Crippen molar-refractivity contribution in [1.82, 2.24) is 5.32 Å². The summed E-state index contributed by atoms with van der Waals surface area (Å²) in [7, 11) is 1.26. The minimum absolute atomic E-state index is 0.266. The summed E-state index contributed by atoms with van der Waals surface area (Å²) in [6.07, 6.45) is 0.401. The average molecular weight is 264 g/mol. The number of hydrogen-bond acceptors (Lipinski definition) is 4. The Labute approximate surface area is 110 Å². The largest absolute Gasteiger partial charge is 0.465 e. The molecule has 0 spiro atoms. The minimum atomic E-state index is -0.728.